The topological polar surface area (TPSA) is 6.48 Å². The van der Waals surface area contributed by atoms with Crippen LogP contribution in [-0.4, -0.2) is 6.04 Å². The number of hydrogen-bond donors (Lipinski definition) is 0. The number of anilines is 5. The van der Waals surface area contributed by atoms with Crippen LogP contribution in [0.1, 0.15) is 42.5 Å². The second-order valence-electron chi connectivity index (χ2n) is 19.0. The molecule has 2 nitrogen and oxygen atoms in total. The van der Waals surface area contributed by atoms with Crippen LogP contribution in [0, 0.1) is 0 Å². The van der Waals surface area contributed by atoms with E-state index in [9.17, 15) is 0 Å². The molecule has 0 amide bonds. The van der Waals surface area contributed by atoms with E-state index in [0.717, 1.165) is 51.6 Å². The maximum atomic E-state index is 4.07. The van der Waals surface area contributed by atoms with Gasteiger partial charge in [0.2, 0.25) is 0 Å². The predicted octanol–water partition coefficient (Wildman–Crippen LogP) is 18.8. The quantitative estimate of drug-likeness (QED) is 0.106. The van der Waals surface area contributed by atoms with Crippen LogP contribution in [-0.2, 0) is 5.41 Å². The highest BCUT2D eigenvalue weighted by Gasteiger charge is 2.36. The van der Waals surface area contributed by atoms with Gasteiger partial charge in [-0.3, -0.25) is 0 Å². The number of hydrogen-bond acceptors (Lipinski definition) is 2. The van der Waals surface area contributed by atoms with E-state index < -0.39 is 0 Å². The summed E-state index contributed by atoms with van der Waals surface area (Å²) in [5.41, 5.74) is 22.5. The monoisotopic (exact) mass is 912 g/mol. The van der Waals surface area contributed by atoms with Gasteiger partial charge in [-0.25, -0.2) is 0 Å². The Morgan fingerprint density at radius 3 is 1.63 bits per heavy atom. The van der Waals surface area contributed by atoms with Gasteiger partial charge in [0.15, 0.2) is 0 Å². The van der Waals surface area contributed by atoms with Crippen LogP contribution in [0.4, 0.5) is 28.4 Å². The van der Waals surface area contributed by atoms with Crippen molar-refractivity contribution in [3.8, 4) is 44.5 Å². The highest BCUT2D eigenvalue weighted by Crippen LogP contribution is 2.51. The highest BCUT2D eigenvalue weighted by atomic mass is 15.2. The lowest BCUT2D eigenvalue weighted by atomic mass is 9.82. The molecule has 0 aliphatic heterocycles. The standard InChI is InChI=1S/C69H56N2/c1-5-18-49(6-2)52-27-35-59(36-28-52)71(62-44-46-65-64-25-16-17-26-67(64)69(3,4)68(65)48-62)60-41-33-56(34-42-60)63-45-43-61(47-66(63)55-23-14-9-15-24-55)70(57-37-29-53(30-38-57)50-19-10-7-11-20-50)58-39-31-54(32-40-58)51-21-12-8-13-22-51/h5-39,41-48,58H,1-2,40H2,3-4H3/b49-18+. The van der Waals surface area contributed by atoms with E-state index in [2.05, 4.69) is 279 Å². The van der Waals surface area contributed by atoms with Crippen LogP contribution in [0.2, 0.25) is 0 Å². The van der Waals surface area contributed by atoms with Gasteiger partial charge in [-0.15, -0.1) is 0 Å². The van der Waals surface area contributed by atoms with Crippen molar-refractivity contribution in [3.05, 3.63) is 296 Å². The van der Waals surface area contributed by atoms with Gasteiger partial charge in [-0.1, -0.05) is 227 Å². The van der Waals surface area contributed by atoms with Crippen LogP contribution < -0.4 is 9.80 Å². The van der Waals surface area contributed by atoms with E-state index in [1.807, 2.05) is 18.2 Å². The zero-order valence-corrected chi connectivity index (χ0v) is 40.4. The first-order valence-corrected chi connectivity index (χ1v) is 24.7. The second-order valence-corrected chi connectivity index (χ2v) is 19.0. The van der Waals surface area contributed by atoms with Gasteiger partial charge in [0.1, 0.15) is 0 Å². The molecule has 11 rings (SSSR count). The molecule has 342 valence electrons. The Bertz CT molecular complexity index is 3470. The Hall–Kier alpha value is -8.72. The Morgan fingerprint density at radius 2 is 0.986 bits per heavy atom. The molecule has 9 aromatic carbocycles. The molecule has 0 fully saturated rings. The lowest BCUT2D eigenvalue weighted by Crippen LogP contribution is -2.30. The summed E-state index contributed by atoms with van der Waals surface area (Å²) in [6.45, 7) is 12.7. The minimum atomic E-state index is -0.133. The van der Waals surface area contributed by atoms with Crippen LogP contribution in [0.15, 0.2) is 274 Å². The smallest absolute Gasteiger partial charge is 0.0560 e. The normalized spacial score (nSPS) is 14.5. The van der Waals surface area contributed by atoms with Gasteiger partial charge in [-0.2, -0.15) is 0 Å². The van der Waals surface area contributed by atoms with Gasteiger partial charge in [0.05, 0.1) is 6.04 Å². The number of allylic oxidation sites excluding steroid dienone is 6. The molecular weight excluding hydrogens is 857 g/mol. The average molecular weight is 913 g/mol. The minimum Gasteiger partial charge on any atom is -0.334 e. The molecule has 9 aromatic rings. The molecule has 2 heteroatoms. The Labute approximate surface area is 419 Å². The molecule has 71 heavy (non-hydrogen) atoms. The first-order valence-electron chi connectivity index (χ1n) is 24.7. The Balaban J connectivity index is 0.992. The summed E-state index contributed by atoms with van der Waals surface area (Å²) < 4.78 is 0. The van der Waals surface area contributed by atoms with E-state index in [-0.39, 0.29) is 11.5 Å². The molecular formula is C69H56N2. The molecule has 0 saturated carbocycles. The van der Waals surface area contributed by atoms with Crippen LogP contribution in [0.3, 0.4) is 0 Å². The number of fused-ring (bicyclic) bond motifs is 3. The van der Waals surface area contributed by atoms with Crippen LogP contribution in [0.5, 0.6) is 0 Å². The zero-order valence-electron chi connectivity index (χ0n) is 40.4. The Morgan fingerprint density at radius 1 is 0.465 bits per heavy atom. The second kappa shape index (κ2) is 19.3. The number of benzene rings is 9. The van der Waals surface area contributed by atoms with Crippen molar-refractivity contribution in [2.24, 2.45) is 0 Å². The fourth-order valence-corrected chi connectivity index (χ4v) is 10.7. The molecule has 1 atom stereocenters. The number of rotatable bonds is 13. The first kappa shape index (κ1) is 44.8. The van der Waals surface area contributed by atoms with Crippen molar-refractivity contribution in [2.45, 2.75) is 31.7 Å². The van der Waals surface area contributed by atoms with Gasteiger partial charge < -0.3 is 9.80 Å². The summed E-state index contributed by atoms with van der Waals surface area (Å²) >= 11 is 0. The lowest BCUT2D eigenvalue weighted by Gasteiger charge is -2.34. The molecule has 0 aromatic heterocycles. The van der Waals surface area contributed by atoms with Gasteiger partial charge in [-0.05, 0) is 145 Å². The van der Waals surface area contributed by atoms with E-state index >= 15 is 0 Å². The third-order valence-corrected chi connectivity index (χ3v) is 14.4. The minimum absolute atomic E-state index is 0.110. The summed E-state index contributed by atoms with van der Waals surface area (Å²) in [6, 6.07) is 82.1. The zero-order chi connectivity index (χ0) is 48.3. The molecule has 0 N–H and O–H groups in total. The van der Waals surface area contributed by atoms with Crippen LogP contribution >= 0.6 is 0 Å². The molecule has 2 aliphatic rings. The molecule has 0 saturated heterocycles. The summed E-state index contributed by atoms with van der Waals surface area (Å²) in [7, 11) is 0. The average Bonchev–Trinajstić information content (AvgIpc) is 3.66. The van der Waals surface area contributed by atoms with Crippen molar-refractivity contribution in [3.63, 3.8) is 0 Å². The SMILES string of the molecule is C=C/C=C(\C=C)c1ccc(N(c2ccc(-c3ccc(N(c4ccc(-c5ccccc5)cc4)C4C=CC(c5ccccc5)=CC4)cc3-c3ccccc3)cc2)c2ccc3c(c2)C(C)(C)c2ccccc2-3)cc1. The van der Waals surface area contributed by atoms with Crippen molar-refractivity contribution < 1.29 is 0 Å². The van der Waals surface area contributed by atoms with E-state index in [1.54, 1.807) is 0 Å². The maximum absolute atomic E-state index is 4.07. The third-order valence-electron chi connectivity index (χ3n) is 14.4. The van der Waals surface area contributed by atoms with Gasteiger partial charge in [0.25, 0.3) is 0 Å². The Kier molecular flexibility index (Phi) is 12.2. The van der Waals surface area contributed by atoms with E-state index in [4.69, 9.17) is 0 Å². The highest BCUT2D eigenvalue weighted by molar-refractivity contribution is 5.90. The van der Waals surface area contributed by atoms with Crippen molar-refractivity contribution in [1.29, 1.82) is 0 Å². The fourth-order valence-electron chi connectivity index (χ4n) is 10.7. The van der Waals surface area contributed by atoms with E-state index in [1.165, 1.54) is 61.2 Å². The van der Waals surface area contributed by atoms with Crippen molar-refractivity contribution >= 4 is 39.6 Å². The van der Waals surface area contributed by atoms with Gasteiger partial charge in [0, 0.05) is 33.9 Å². The largest absolute Gasteiger partial charge is 0.334 e. The molecule has 0 heterocycles. The first-order chi connectivity index (χ1) is 34.9. The fraction of sp³-hybridized carbons (Fsp3) is 0.0725. The summed E-state index contributed by atoms with van der Waals surface area (Å²) in [4.78, 5) is 4.89. The van der Waals surface area contributed by atoms with Crippen molar-refractivity contribution in [2.75, 3.05) is 9.80 Å². The van der Waals surface area contributed by atoms with Crippen LogP contribution in [0.25, 0.3) is 55.7 Å². The van der Waals surface area contributed by atoms with E-state index in [0.29, 0.717) is 0 Å². The molecule has 0 radical (unpaired) electrons. The summed E-state index contributed by atoms with van der Waals surface area (Å²) in [5.74, 6) is 0. The maximum Gasteiger partial charge on any atom is 0.0560 e. The molecule has 2 aliphatic carbocycles. The molecule has 0 spiro atoms. The van der Waals surface area contributed by atoms with Crippen molar-refractivity contribution in [1.82, 2.24) is 0 Å². The third kappa shape index (κ3) is 8.71. The lowest BCUT2D eigenvalue weighted by molar-refractivity contribution is 0.660. The molecule has 1 unspecified atom stereocenters. The predicted molar refractivity (Wildman–Crippen MR) is 304 cm³/mol. The van der Waals surface area contributed by atoms with Gasteiger partial charge >= 0.3 is 0 Å². The summed E-state index contributed by atoms with van der Waals surface area (Å²) in [5, 5.41) is 0. The number of nitrogens with zero attached hydrogens (tertiary/aromatic N) is 2. The summed E-state index contributed by atoms with van der Waals surface area (Å²) in [6.07, 6.45) is 13.6. The molecule has 0 bridgehead atoms.